The number of benzene rings is 1. The van der Waals surface area contributed by atoms with E-state index in [0.29, 0.717) is 23.1 Å². The highest BCUT2D eigenvalue weighted by molar-refractivity contribution is 5.98. The quantitative estimate of drug-likeness (QED) is 0.856. The van der Waals surface area contributed by atoms with Crippen LogP contribution < -0.4 is 14.8 Å². The SMILES string of the molecule is COc1ccc2c(c1OC)C(=O)O[C@@H]2NC1CCCC1. The van der Waals surface area contributed by atoms with E-state index in [9.17, 15) is 4.79 Å². The van der Waals surface area contributed by atoms with Gasteiger partial charge < -0.3 is 14.2 Å². The van der Waals surface area contributed by atoms with Crippen molar-refractivity contribution in [2.75, 3.05) is 14.2 Å². The van der Waals surface area contributed by atoms with E-state index in [4.69, 9.17) is 14.2 Å². The lowest BCUT2D eigenvalue weighted by atomic mass is 10.1. The number of hydrogen-bond acceptors (Lipinski definition) is 5. The van der Waals surface area contributed by atoms with Crippen molar-refractivity contribution in [2.45, 2.75) is 38.0 Å². The summed E-state index contributed by atoms with van der Waals surface area (Å²) < 4.78 is 16.0. The molecule has 1 saturated carbocycles. The first kappa shape index (κ1) is 13.2. The molecule has 2 aliphatic rings. The van der Waals surface area contributed by atoms with Gasteiger partial charge in [-0.15, -0.1) is 0 Å². The third kappa shape index (κ3) is 2.12. The molecule has 108 valence electrons. The topological polar surface area (TPSA) is 56.8 Å². The molecule has 0 unspecified atom stereocenters. The minimum atomic E-state index is -0.375. The van der Waals surface area contributed by atoms with Crippen molar-refractivity contribution in [1.82, 2.24) is 5.32 Å². The zero-order valence-electron chi connectivity index (χ0n) is 11.8. The Hall–Kier alpha value is -1.75. The Balaban J connectivity index is 1.92. The van der Waals surface area contributed by atoms with E-state index in [2.05, 4.69) is 5.32 Å². The van der Waals surface area contributed by atoms with Gasteiger partial charge in [0.05, 0.1) is 14.2 Å². The van der Waals surface area contributed by atoms with Gasteiger partial charge >= 0.3 is 5.97 Å². The number of nitrogens with one attached hydrogen (secondary N) is 1. The molecule has 1 aromatic carbocycles. The van der Waals surface area contributed by atoms with Crippen LogP contribution in [0.4, 0.5) is 0 Å². The van der Waals surface area contributed by atoms with Crippen LogP contribution in [-0.4, -0.2) is 26.2 Å². The van der Waals surface area contributed by atoms with E-state index in [1.807, 2.05) is 12.1 Å². The zero-order chi connectivity index (χ0) is 14.1. The predicted octanol–water partition coefficient (Wildman–Crippen LogP) is 2.41. The average molecular weight is 277 g/mol. The van der Waals surface area contributed by atoms with Gasteiger partial charge in [-0.2, -0.15) is 0 Å². The summed E-state index contributed by atoms with van der Waals surface area (Å²) >= 11 is 0. The second-order valence-electron chi connectivity index (χ2n) is 5.20. The molecule has 0 radical (unpaired) electrons. The smallest absolute Gasteiger partial charge is 0.344 e. The fraction of sp³-hybridized carbons (Fsp3) is 0.533. The number of carbonyl (C=O) groups excluding carboxylic acids is 1. The first-order valence-electron chi connectivity index (χ1n) is 6.96. The first-order chi connectivity index (χ1) is 9.74. The molecular formula is C15H19NO4. The van der Waals surface area contributed by atoms with Gasteiger partial charge in [0.1, 0.15) is 5.56 Å². The van der Waals surface area contributed by atoms with Crippen LogP contribution in [0.3, 0.4) is 0 Å². The van der Waals surface area contributed by atoms with E-state index in [-0.39, 0.29) is 12.2 Å². The number of carbonyl (C=O) groups is 1. The van der Waals surface area contributed by atoms with Gasteiger partial charge in [0, 0.05) is 11.6 Å². The summed E-state index contributed by atoms with van der Waals surface area (Å²) in [5.41, 5.74) is 1.31. The highest BCUT2D eigenvalue weighted by atomic mass is 16.6. The third-order valence-corrected chi connectivity index (χ3v) is 4.03. The number of esters is 1. The molecule has 1 aromatic rings. The molecule has 5 heteroatoms. The van der Waals surface area contributed by atoms with Crippen LogP contribution in [0.1, 0.15) is 47.8 Å². The Morgan fingerprint density at radius 3 is 2.60 bits per heavy atom. The minimum Gasteiger partial charge on any atom is -0.493 e. The standard InChI is InChI=1S/C15H19NO4/c1-18-11-8-7-10-12(13(11)19-2)15(17)20-14(10)16-9-5-3-4-6-9/h7-9,14,16H,3-6H2,1-2H3/t14-/m0/s1. The maximum atomic E-state index is 12.1. The normalized spacial score (nSPS) is 21.7. The van der Waals surface area contributed by atoms with E-state index in [0.717, 1.165) is 18.4 Å². The number of hydrogen-bond donors (Lipinski definition) is 1. The fourth-order valence-electron chi connectivity index (χ4n) is 3.03. The van der Waals surface area contributed by atoms with E-state index >= 15 is 0 Å². The minimum absolute atomic E-state index is 0.355. The van der Waals surface area contributed by atoms with Gasteiger partial charge in [-0.25, -0.2) is 4.79 Å². The van der Waals surface area contributed by atoms with Gasteiger partial charge in [-0.1, -0.05) is 12.8 Å². The number of cyclic esters (lactones) is 1. The van der Waals surface area contributed by atoms with Crippen molar-refractivity contribution in [2.24, 2.45) is 0 Å². The van der Waals surface area contributed by atoms with Crippen molar-refractivity contribution in [3.05, 3.63) is 23.3 Å². The molecule has 5 nitrogen and oxygen atoms in total. The molecule has 1 fully saturated rings. The summed E-state index contributed by atoms with van der Waals surface area (Å²) in [7, 11) is 3.09. The molecule has 0 spiro atoms. The molecule has 1 aliphatic carbocycles. The lowest BCUT2D eigenvalue weighted by Crippen LogP contribution is -2.30. The van der Waals surface area contributed by atoms with Crippen LogP contribution in [0.25, 0.3) is 0 Å². The van der Waals surface area contributed by atoms with Crippen LogP contribution >= 0.6 is 0 Å². The largest absolute Gasteiger partial charge is 0.493 e. The molecule has 3 rings (SSSR count). The molecule has 1 aliphatic heterocycles. The summed E-state index contributed by atoms with van der Waals surface area (Å²) in [5, 5.41) is 3.41. The number of methoxy groups -OCH3 is 2. The zero-order valence-corrected chi connectivity index (χ0v) is 11.8. The lowest BCUT2D eigenvalue weighted by molar-refractivity contribution is 0.0277. The highest BCUT2D eigenvalue weighted by Gasteiger charge is 2.37. The van der Waals surface area contributed by atoms with Crippen molar-refractivity contribution in [1.29, 1.82) is 0 Å². The Kier molecular flexibility index (Phi) is 3.53. The monoisotopic (exact) mass is 277 g/mol. The Morgan fingerprint density at radius 2 is 1.95 bits per heavy atom. The number of rotatable bonds is 4. The average Bonchev–Trinajstić information content (AvgIpc) is 3.07. The molecular weight excluding hydrogens is 258 g/mol. The van der Waals surface area contributed by atoms with Crippen LogP contribution in [0.15, 0.2) is 12.1 Å². The fourth-order valence-corrected chi connectivity index (χ4v) is 3.03. The van der Waals surface area contributed by atoms with E-state index in [1.165, 1.54) is 20.0 Å². The molecule has 1 atom stereocenters. The summed E-state index contributed by atoms with van der Waals surface area (Å²) in [6, 6.07) is 4.10. The lowest BCUT2D eigenvalue weighted by Gasteiger charge is -2.18. The first-order valence-corrected chi connectivity index (χ1v) is 6.96. The van der Waals surface area contributed by atoms with Gasteiger partial charge in [0.15, 0.2) is 17.7 Å². The number of ether oxygens (including phenoxy) is 3. The summed E-state index contributed by atoms with van der Waals surface area (Å²) in [6.45, 7) is 0. The molecule has 20 heavy (non-hydrogen) atoms. The maximum Gasteiger partial charge on any atom is 0.344 e. The second kappa shape index (κ2) is 5.32. The Labute approximate surface area is 118 Å². The van der Waals surface area contributed by atoms with Crippen molar-refractivity contribution < 1.29 is 19.0 Å². The maximum absolute atomic E-state index is 12.1. The molecule has 0 amide bonds. The van der Waals surface area contributed by atoms with E-state index < -0.39 is 0 Å². The summed E-state index contributed by atoms with van der Waals surface area (Å²) in [4.78, 5) is 12.1. The Bertz CT molecular complexity index is 523. The van der Waals surface area contributed by atoms with Crippen molar-refractivity contribution in [3.8, 4) is 11.5 Å². The molecule has 1 N–H and O–H groups in total. The van der Waals surface area contributed by atoms with Gasteiger partial charge in [-0.3, -0.25) is 5.32 Å². The predicted molar refractivity (Wildman–Crippen MR) is 73.1 cm³/mol. The van der Waals surface area contributed by atoms with Gasteiger partial charge in [-0.05, 0) is 25.0 Å². The molecule has 0 bridgehead atoms. The summed E-state index contributed by atoms with van der Waals surface area (Å²) in [6.07, 6.45) is 4.36. The highest BCUT2D eigenvalue weighted by Crippen LogP contribution is 2.41. The van der Waals surface area contributed by atoms with Gasteiger partial charge in [0.25, 0.3) is 0 Å². The van der Waals surface area contributed by atoms with E-state index in [1.54, 1.807) is 7.11 Å². The van der Waals surface area contributed by atoms with Gasteiger partial charge in [0.2, 0.25) is 0 Å². The molecule has 1 heterocycles. The van der Waals surface area contributed by atoms with Crippen LogP contribution in [-0.2, 0) is 4.74 Å². The van der Waals surface area contributed by atoms with Crippen LogP contribution in [0, 0.1) is 0 Å². The molecule has 0 aromatic heterocycles. The summed E-state index contributed by atoms with van der Waals surface area (Å²) in [5.74, 6) is 0.640. The Morgan fingerprint density at radius 1 is 1.20 bits per heavy atom. The third-order valence-electron chi connectivity index (χ3n) is 4.03. The second-order valence-corrected chi connectivity index (χ2v) is 5.20. The number of fused-ring (bicyclic) bond motifs is 1. The van der Waals surface area contributed by atoms with Crippen LogP contribution in [0.2, 0.25) is 0 Å². The van der Waals surface area contributed by atoms with Crippen LogP contribution in [0.5, 0.6) is 11.5 Å². The molecule has 0 saturated heterocycles. The van der Waals surface area contributed by atoms with Crippen molar-refractivity contribution >= 4 is 5.97 Å². The van der Waals surface area contributed by atoms with Crippen molar-refractivity contribution in [3.63, 3.8) is 0 Å².